The van der Waals surface area contributed by atoms with Crippen LogP contribution in [0.4, 0.5) is 0 Å². The molecule has 1 unspecified atom stereocenters. The highest BCUT2D eigenvalue weighted by Gasteiger charge is 2.24. The topological polar surface area (TPSA) is 67.8 Å². The Bertz CT molecular complexity index is 698. The molecule has 0 aliphatic heterocycles. The Morgan fingerprint density at radius 2 is 1.68 bits per heavy atom. The minimum atomic E-state index is -1.15. The second-order valence-electron chi connectivity index (χ2n) is 5.85. The van der Waals surface area contributed by atoms with Gasteiger partial charge in [0.15, 0.2) is 11.5 Å². The lowest BCUT2D eigenvalue weighted by molar-refractivity contribution is 0.0526. The fraction of sp³-hybridized carbons (Fsp3) is 0.350. The molecule has 2 aromatic carbocycles. The summed E-state index contributed by atoms with van der Waals surface area (Å²) in [6.07, 6.45) is 0. The smallest absolute Gasteiger partial charge is 0.251 e. The van der Waals surface area contributed by atoms with Gasteiger partial charge in [0.05, 0.1) is 19.8 Å². The van der Waals surface area contributed by atoms with E-state index in [9.17, 15) is 9.90 Å². The van der Waals surface area contributed by atoms with Crippen LogP contribution in [0.15, 0.2) is 48.5 Å². The summed E-state index contributed by atoms with van der Waals surface area (Å²) < 4.78 is 11.0. The standard InChI is InChI=1S/C20H25NO4/c1-4-24-17-12-11-15(13-18(17)25-5-2)19(22)21-14-20(3,23)16-9-7-6-8-10-16/h6-13,23H,4-5,14H2,1-3H3,(H,21,22). The summed E-state index contributed by atoms with van der Waals surface area (Å²) in [5.74, 6) is 0.865. The molecule has 0 saturated heterocycles. The molecule has 0 aliphatic rings. The quantitative estimate of drug-likeness (QED) is 0.773. The minimum Gasteiger partial charge on any atom is -0.490 e. The summed E-state index contributed by atoms with van der Waals surface area (Å²) in [5.41, 5.74) is 0.0537. The second kappa shape index (κ2) is 8.53. The van der Waals surface area contributed by atoms with Gasteiger partial charge in [-0.1, -0.05) is 30.3 Å². The van der Waals surface area contributed by atoms with Crippen molar-refractivity contribution in [2.24, 2.45) is 0 Å². The third-order valence-electron chi connectivity index (χ3n) is 3.79. The zero-order valence-corrected chi connectivity index (χ0v) is 14.9. The molecule has 1 atom stereocenters. The third-order valence-corrected chi connectivity index (χ3v) is 3.79. The molecule has 0 saturated carbocycles. The van der Waals surface area contributed by atoms with Crippen LogP contribution in [0, 0.1) is 0 Å². The Kier molecular flexibility index (Phi) is 6.42. The second-order valence-corrected chi connectivity index (χ2v) is 5.85. The average Bonchev–Trinajstić information content (AvgIpc) is 2.62. The first-order valence-corrected chi connectivity index (χ1v) is 8.43. The molecule has 0 fully saturated rings. The summed E-state index contributed by atoms with van der Waals surface area (Å²) >= 11 is 0. The predicted octanol–water partition coefficient (Wildman–Crippen LogP) is 3.12. The molecule has 0 bridgehead atoms. The minimum absolute atomic E-state index is 0.104. The number of carbonyl (C=O) groups excluding carboxylic acids is 1. The Hall–Kier alpha value is -2.53. The summed E-state index contributed by atoms with van der Waals surface area (Å²) in [5, 5.41) is 13.3. The zero-order chi connectivity index (χ0) is 18.3. The van der Waals surface area contributed by atoms with E-state index < -0.39 is 5.60 Å². The van der Waals surface area contributed by atoms with E-state index in [2.05, 4.69) is 5.32 Å². The lowest BCUT2D eigenvalue weighted by Crippen LogP contribution is -2.38. The fourth-order valence-corrected chi connectivity index (χ4v) is 2.45. The van der Waals surface area contributed by atoms with Gasteiger partial charge in [-0.2, -0.15) is 0 Å². The third kappa shape index (κ3) is 4.97. The number of hydrogen-bond acceptors (Lipinski definition) is 4. The van der Waals surface area contributed by atoms with Crippen molar-refractivity contribution in [3.05, 3.63) is 59.7 Å². The maximum Gasteiger partial charge on any atom is 0.251 e. The van der Waals surface area contributed by atoms with Gasteiger partial charge in [-0.15, -0.1) is 0 Å². The predicted molar refractivity (Wildman–Crippen MR) is 97.1 cm³/mol. The Balaban J connectivity index is 2.09. The normalized spacial score (nSPS) is 13.0. The van der Waals surface area contributed by atoms with Crippen molar-refractivity contribution in [1.82, 2.24) is 5.32 Å². The summed E-state index contributed by atoms with van der Waals surface area (Å²) in [4.78, 5) is 12.4. The average molecular weight is 343 g/mol. The molecule has 0 aromatic heterocycles. The van der Waals surface area contributed by atoms with Crippen LogP contribution in [0.2, 0.25) is 0 Å². The molecule has 25 heavy (non-hydrogen) atoms. The van der Waals surface area contributed by atoms with Gasteiger partial charge >= 0.3 is 0 Å². The number of benzene rings is 2. The molecule has 0 spiro atoms. The lowest BCUT2D eigenvalue weighted by Gasteiger charge is -2.24. The molecule has 2 N–H and O–H groups in total. The molecule has 5 heteroatoms. The molecule has 0 radical (unpaired) electrons. The van der Waals surface area contributed by atoms with Crippen molar-refractivity contribution < 1.29 is 19.4 Å². The number of aliphatic hydroxyl groups is 1. The first kappa shape index (κ1) is 18.8. The number of hydrogen-bond donors (Lipinski definition) is 2. The molecule has 2 aromatic rings. The lowest BCUT2D eigenvalue weighted by atomic mass is 9.96. The van der Waals surface area contributed by atoms with Crippen LogP contribution in [0.5, 0.6) is 11.5 Å². The molecule has 134 valence electrons. The van der Waals surface area contributed by atoms with Crippen LogP contribution in [0.3, 0.4) is 0 Å². The zero-order valence-electron chi connectivity index (χ0n) is 14.9. The van der Waals surface area contributed by atoms with E-state index in [1.165, 1.54) is 0 Å². The largest absolute Gasteiger partial charge is 0.490 e. The van der Waals surface area contributed by atoms with Crippen LogP contribution in [-0.2, 0) is 5.60 Å². The van der Waals surface area contributed by atoms with E-state index in [0.717, 1.165) is 5.56 Å². The number of amides is 1. The molecule has 0 heterocycles. The van der Waals surface area contributed by atoms with Crippen LogP contribution in [0.25, 0.3) is 0 Å². The van der Waals surface area contributed by atoms with Gasteiger partial charge in [-0.25, -0.2) is 0 Å². The Morgan fingerprint density at radius 1 is 1.04 bits per heavy atom. The van der Waals surface area contributed by atoms with Gasteiger partial charge in [0.2, 0.25) is 0 Å². The van der Waals surface area contributed by atoms with Crippen LogP contribution in [-0.4, -0.2) is 30.8 Å². The van der Waals surface area contributed by atoms with Crippen molar-refractivity contribution in [2.45, 2.75) is 26.4 Å². The molecular weight excluding hydrogens is 318 g/mol. The molecule has 0 aliphatic carbocycles. The van der Waals surface area contributed by atoms with Crippen LogP contribution >= 0.6 is 0 Å². The molecular formula is C20H25NO4. The van der Waals surface area contributed by atoms with Gasteiger partial charge in [-0.3, -0.25) is 4.79 Å². The summed E-state index contributed by atoms with van der Waals surface area (Å²) in [6.45, 7) is 6.54. The van der Waals surface area contributed by atoms with Crippen molar-refractivity contribution in [3.8, 4) is 11.5 Å². The van der Waals surface area contributed by atoms with Gasteiger partial charge in [0, 0.05) is 5.56 Å². The van der Waals surface area contributed by atoms with Gasteiger partial charge < -0.3 is 19.9 Å². The fourth-order valence-electron chi connectivity index (χ4n) is 2.45. The first-order chi connectivity index (χ1) is 12.0. The first-order valence-electron chi connectivity index (χ1n) is 8.43. The van der Waals surface area contributed by atoms with E-state index in [1.807, 2.05) is 44.2 Å². The Morgan fingerprint density at radius 3 is 2.32 bits per heavy atom. The number of ether oxygens (including phenoxy) is 2. The van der Waals surface area contributed by atoms with E-state index >= 15 is 0 Å². The molecule has 5 nitrogen and oxygen atoms in total. The van der Waals surface area contributed by atoms with Crippen molar-refractivity contribution >= 4 is 5.91 Å². The summed E-state index contributed by atoms with van der Waals surface area (Å²) in [7, 11) is 0. The van der Waals surface area contributed by atoms with E-state index in [4.69, 9.17) is 9.47 Å². The number of nitrogens with one attached hydrogen (secondary N) is 1. The van der Waals surface area contributed by atoms with Crippen LogP contribution < -0.4 is 14.8 Å². The van der Waals surface area contributed by atoms with E-state index in [1.54, 1.807) is 25.1 Å². The highest BCUT2D eigenvalue weighted by atomic mass is 16.5. The highest BCUT2D eigenvalue weighted by Crippen LogP contribution is 2.28. The maximum atomic E-state index is 12.4. The van der Waals surface area contributed by atoms with Crippen molar-refractivity contribution in [3.63, 3.8) is 0 Å². The van der Waals surface area contributed by atoms with E-state index in [0.29, 0.717) is 30.3 Å². The maximum absolute atomic E-state index is 12.4. The number of carbonyl (C=O) groups is 1. The number of rotatable bonds is 8. The van der Waals surface area contributed by atoms with Crippen molar-refractivity contribution in [1.29, 1.82) is 0 Å². The SMILES string of the molecule is CCOc1ccc(C(=O)NCC(C)(O)c2ccccc2)cc1OCC. The Labute approximate surface area is 148 Å². The molecule has 1 amide bonds. The van der Waals surface area contributed by atoms with Crippen molar-refractivity contribution in [2.75, 3.05) is 19.8 Å². The van der Waals surface area contributed by atoms with E-state index in [-0.39, 0.29) is 12.5 Å². The van der Waals surface area contributed by atoms with Crippen LogP contribution in [0.1, 0.15) is 36.7 Å². The monoisotopic (exact) mass is 343 g/mol. The summed E-state index contributed by atoms with van der Waals surface area (Å²) in [6, 6.07) is 14.3. The van der Waals surface area contributed by atoms with Gasteiger partial charge in [0.25, 0.3) is 5.91 Å². The van der Waals surface area contributed by atoms with Gasteiger partial charge in [0.1, 0.15) is 5.60 Å². The highest BCUT2D eigenvalue weighted by molar-refractivity contribution is 5.94. The molecule has 2 rings (SSSR count). The van der Waals surface area contributed by atoms with Gasteiger partial charge in [-0.05, 0) is 44.5 Å².